The van der Waals surface area contributed by atoms with E-state index in [1.807, 2.05) is 0 Å². The fourth-order valence-corrected chi connectivity index (χ4v) is 1.97. The average molecular weight is 234 g/mol. The van der Waals surface area contributed by atoms with E-state index in [0.717, 1.165) is 25.6 Å². The Morgan fingerprint density at radius 1 is 1.60 bits per heavy atom. The highest BCUT2D eigenvalue weighted by molar-refractivity contribution is 7.92. The molecule has 2 atom stereocenters. The van der Waals surface area contributed by atoms with Crippen LogP contribution in [0.2, 0.25) is 0 Å². The van der Waals surface area contributed by atoms with Crippen LogP contribution in [0.3, 0.4) is 0 Å². The van der Waals surface area contributed by atoms with Crippen LogP contribution in [0.1, 0.15) is 19.8 Å². The summed E-state index contributed by atoms with van der Waals surface area (Å²) in [7, 11) is -3.28. The molecular weight excluding hydrogens is 216 g/mol. The number of carbonyl (C=O) groups is 1. The lowest BCUT2D eigenvalue weighted by Gasteiger charge is -2.14. The molecule has 0 aromatic heterocycles. The molecule has 2 N–H and O–H groups in total. The molecule has 0 radical (unpaired) electrons. The summed E-state index contributed by atoms with van der Waals surface area (Å²) in [6, 6.07) is 0.292. The molecule has 1 fully saturated rings. The van der Waals surface area contributed by atoms with Gasteiger partial charge in [0.25, 0.3) is 0 Å². The van der Waals surface area contributed by atoms with Crippen molar-refractivity contribution >= 4 is 15.7 Å². The molecular formula is C9H18N2O3S. The maximum atomic E-state index is 11.4. The van der Waals surface area contributed by atoms with Crippen molar-refractivity contribution in [3.8, 4) is 0 Å². The monoisotopic (exact) mass is 234 g/mol. The maximum Gasteiger partial charge on any atom is 0.238 e. The summed E-state index contributed by atoms with van der Waals surface area (Å²) < 4.78 is 22.2. The quantitative estimate of drug-likeness (QED) is 0.673. The molecule has 0 aromatic carbocycles. The van der Waals surface area contributed by atoms with Gasteiger partial charge in [-0.15, -0.1) is 0 Å². The number of amides is 1. The van der Waals surface area contributed by atoms with E-state index in [9.17, 15) is 13.2 Å². The van der Waals surface area contributed by atoms with Gasteiger partial charge in [0.2, 0.25) is 5.91 Å². The second-order valence-electron chi connectivity index (χ2n) is 4.01. The largest absolute Gasteiger partial charge is 0.353 e. The summed E-state index contributed by atoms with van der Waals surface area (Å²) >= 11 is 0. The molecule has 6 heteroatoms. The van der Waals surface area contributed by atoms with Crippen molar-refractivity contribution in [2.75, 3.05) is 19.3 Å². The molecule has 1 heterocycles. The van der Waals surface area contributed by atoms with Crippen LogP contribution in [0.5, 0.6) is 0 Å². The van der Waals surface area contributed by atoms with Gasteiger partial charge in [-0.2, -0.15) is 0 Å². The second-order valence-corrected chi connectivity index (χ2v) is 6.38. The third-order valence-corrected chi connectivity index (χ3v) is 4.20. The molecule has 1 saturated heterocycles. The molecule has 0 saturated carbocycles. The van der Waals surface area contributed by atoms with Gasteiger partial charge in [-0.25, -0.2) is 8.42 Å². The van der Waals surface area contributed by atoms with E-state index in [1.54, 1.807) is 0 Å². The lowest BCUT2D eigenvalue weighted by Crippen LogP contribution is -2.43. The lowest BCUT2D eigenvalue weighted by atomic mass is 10.2. The maximum absolute atomic E-state index is 11.4. The molecule has 0 aromatic rings. The van der Waals surface area contributed by atoms with Gasteiger partial charge >= 0.3 is 0 Å². The summed E-state index contributed by atoms with van der Waals surface area (Å²) in [6.45, 7) is 2.90. The first kappa shape index (κ1) is 12.4. The van der Waals surface area contributed by atoms with Gasteiger partial charge in [0.05, 0.1) is 0 Å². The lowest BCUT2D eigenvalue weighted by molar-refractivity contribution is -0.120. The number of rotatable bonds is 4. The van der Waals surface area contributed by atoms with Crippen molar-refractivity contribution in [1.82, 2.24) is 10.6 Å². The van der Waals surface area contributed by atoms with Gasteiger partial charge in [-0.1, -0.05) is 0 Å². The highest BCUT2D eigenvalue weighted by Crippen LogP contribution is 2.04. The zero-order chi connectivity index (χ0) is 11.5. The van der Waals surface area contributed by atoms with Crippen molar-refractivity contribution in [2.24, 2.45) is 0 Å². The standard InChI is InChI=1S/C9H18N2O3S/c1-7(15(2,13)14)9(12)11-6-8-4-3-5-10-8/h7-8,10H,3-6H2,1-2H3,(H,11,12). The molecule has 88 valence electrons. The van der Waals surface area contributed by atoms with E-state index in [1.165, 1.54) is 6.92 Å². The van der Waals surface area contributed by atoms with Crippen LogP contribution >= 0.6 is 0 Å². The van der Waals surface area contributed by atoms with Gasteiger partial charge in [0.1, 0.15) is 5.25 Å². The van der Waals surface area contributed by atoms with Crippen molar-refractivity contribution in [1.29, 1.82) is 0 Å². The molecule has 1 aliphatic heterocycles. The summed E-state index contributed by atoms with van der Waals surface area (Å²) in [6.07, 6.45) is 3.22. The van der Waals surface area contributed by atoms with Crippen LogP contribution in [0.15, 0.2) is 0 Å². The Labute approximate surface area is 90.5 Å². The molecule has 2 unspecified atom stereocenters. The third kappa shape index (κ3) is 3.79. The topological polar surface area (TPSA) is 75.3 Å². The van der Waals surface area contributed by atoms with E-state index in [-0.39, 0.29) is 0 Å². The fraction of sp³-hybridized carbons (Fsp3) is 0.889. The molecule has 1 rings (SSSR count). The SMILES string of the molecule is CC(C(=O)NCC1CCCN1)S(C)(=O)=O. The van der Waals surface area contributed by atoms with Gasteiger partial charge in [0.15, 0.2) is 9.84 Å². The van der Waals surface area contributed by atoms with E-state index in [4.69, 9.17) is 0 Å². The minimum atomic E-state index is -3.28. The highest BCUT2D eigenvalue weighted by Gasteiger charge is 2.24. The van der Waals surface area contributed by atoms with Gasteiger partial charge < -0.3 is 10.6 Å². The van der Waals surface area contributed by atoms with Crippen LogP contribution in [0.25, 0.3) is 0 Å². The number of sulfone groups is 1. The van der Waals surface area contributed by atoms with Crippen LogP contribution < -0.4 is 10.6 Å². The predicted molar refractivity (Wildman–Crippen MR) is 58.3 cm³/mol. The second kappa shape index (κ2) is 4.94. The molecule has 15 heavy (non-hydrogen) atoms. The summed E-state index contributed by atoms with van der Waals surface area (Å²) in [5.74, 6) is -0.411. The minimum Gasteiger partial charge on any atom is -0.353 e. The van der Waals surface area contributed by atoms with Crippen molar-refractivity contribution < 1.29 is 13.2 Å². The van der Waals surface area contributed by atoms with Crippen molar-refractivity contribution in [2.45, 2.75) is 31.1 Å². The predicted octanol–water partition coefficient (Wildman–Crippen LogP) is -0.712. The Morgan fingerprint density at radius 2 is 2.27 bits per heavy atom. The van der Waals surface area contributed by atoms with Crippen LogP contribution in [0, 0.1) is 0 Å². The molecule has 1 amide bonds. The molecule has 0 spiro atoms. The smallest absolute Gasteiger partial charge is 0.238 e. The molecule has 5 nitrogen and oxygen atoms in total. The van der Waals surface area contributed by atoms with Crippen LogP contribution in [-0.2, 0) is 14.6 Å². The Hall–Kier alpha value is -0.620. The first-order valence-electron chi connectivity index (χ1n) is 5.11. The van der Waals surface area contributed by atoms with Gasteiger partial charge in [0, 0.05) is 18.8 Å². The highest BCUT2D eigenvalue weighted by atomic mass is 32.2. The number of carbonyl (C=O) groups excluding carboxylic acids is 1. The Bertz CT molecular complexity index is 320. The van der Waals surface area contributed by atoms with Crippen molar-refractivity contribution in [3.63, 3.8) is 0 Å². The Morgan fingerprint density at radius 3 is 2.73 bits per heavy atom. The Kier molecular flexibility index (Phi) is 4.10. The van der Waals surface area contributed by atoms with E-state index >= 15 is 0 Å². The minimum absolute atomic E-state index is 0.292. The Balaban J connectivity index is 2.35. The van der Waals surface area contributed by atoms with Gasteiger partial charge in [-0.05, 0) is 26.3 Å². The number of nitrogens with one attached hydrogen (secondary N) is 2. The van der Waals surface area contributed by atoms with E-state index in [2.05, 4.69) is 10.6 Å². The average Bonchev–Trinajstić information content (AvgIpc) is 2.63. The number of hydrogen-bond acceptors (Lipinski definition) is 4. The molecule has 1 aliphatic rings. The summed E-state index contributed by atoms with van der Waals surface area (Å²) in [5, 5.41) is 4.92. The third-order valence-electron chi connectivity index (χ3n) is 2.70. The summed E-state index contributed by atoms with van der Waals surface area (Å²) in [4.78, 5) is 11.4. The van der Waals surface area contributed by atoms with Crippen LogP contribution in [-0.4, -0.2) is 45.0 Å². The summed E-state index contributed by atoms with van der Waals surface area (Å²) in [5.41, 5.74) is 0. The first-order chi connectivity index (χ1) is 6.91. The van der Waals surface area contributed by atoms with E-state index in [0.29, 0.717) is 12.6 Å². The zero-order valence-corrected chi connectivity index (χ0v) is 9.93. The fourth-order valence-electron chi connectivity index (χ4n) is 1.49. The number of hydrogen-bond donors (Lipinski definition) is 2. The van der Waals surface area contributed by atoms with E-state index < -0.39 is 21.0 Å². The van der Waals surface area contributed by atoms with Crippen molar-refractivity contribution in [3.05, 3.63) is 0 Å². The first-order valence-corrected chi connectivity index (χ1v) is 7.06. The molecule has 0 bridgehead atoms. The molecule has 0 aliphatic carbocycles. The normalized spacial score (nSPS) is 23.7. The van der Waals surface area contributed by atoms with Gasteiger partial charge in [-0.3, -0.25) is 4.79 Å². The zero-order valence-electron chi connectivity index (χ0n) is 9.12. The van der Waals surface area contributed by atoms with Crippen LogP contribution in [0.4, 0.5) is 0 Å².